The van der Waals surface area contributed by atoms with Crippen molar-refractivity contribution in [3.05, 3.63) is 0 Å². The highest BCUT2D eigenvalue weighted by atomic mass is 14.8. The molecule has 124 valence electrons. The van der Waals surface area contributed by atoms with Gasteiger partial charge in [-0.3, -0.25) is 0 Å². The average molecular weight is 287 g/mol. The van der Waals surface area contributed by atoms with Crippen molar-refractivity contribution in [2.24, 2.45) is 5.73 Å². The van der Waals surface area contributed by atoms with E-state index in [-0.39, 0.29) is 0 Å². The molecular formula is C18H42N2. The van der Waals surface area contributed by atoms with E-state index in [1.54, 1.807) is 0 Å². The van der Waals surface area contributed by atoms with E-state index in [9.17, 15) is 0 Å². The summed E-state index contributed by atoms with van der Waals surface area (Å²) in [5.74, 6) is 0. The first-order valence-corrected chi connectivity index (χ1v) is 9.24. The summed E-state index contributed by atoms with van der Waals surface area (Å²) in [4.78, 5) is 0. The Morgan fingerprint density at radius 2 is 0.950 bits per heavy atom. The monoisotopic (exact) mass is 286 g/mol. The van der Waals surface area contributed by atoms with Crippen LogP contribution in [-0.4, -0.2) is 19.6 Å². The maximum atomic E-state index is 5.27. The number of hydrogen-bond acceptors (Lipinski definition) is 2. The molecule has 0 aliphatic rings. The second-order valence-corrected chi connectivity index (χ2v) is 5.72. The third-order valence-electron chi connectivity index (χ3n) is 3.47. The molecular weight excluding hydrogens is 244 g/mol. The highest BCUT2D eigenvalue weighted by Crippen LogP contribution is 1.99. The molecule has 0 saturated carbocycles. The van der Waals surface area contributed by atoms with Crippen LogP contribution < -0.4 is 11.1 Å². The van der Waals surface area contributed by atoms with Gasteiger partial charge >= 0.3 is 0 Å². The molecule has 0 spiro atoms. The molecule has 0 rings (SSSR count). The Morgan fingerprint density at radius 3 is 1.30 bits per heavy atom. The van der Waals surface area contributed by atoms with Gasteiger partial charge in [0.05, 0.1) is 0 Å². The Morgan fingerprint density at radius 1 is 0.550 bits per heavy atom. The molecule has 0 fully saturated rings. The lowest BCUT2D eigenvalue weighted by Crippen LogP contribution is -2.16. The number of unbranched alkanes of at least 4 members (excludes halogenated alkanes) is 9. The molecule has 20 heavy (non-hydrogen) atoms. The molecule has 0 aromatic carbocycles. The summed E-state index contributed by atoms with van der Waals surface area (Å²) in [6.45, 7) is 10.0. The van der Waals surface area contributed by atoms with Gasteiger partial charge in [-0.05, 0) is 38.9 Å². The van der Waals surface area contributed by atoms with Gasteiger partial charge in [-0.2, -0.15) is 0 Å². The Hall–Kier alpha value is -0.0800. The zero-order valence-corrected chi connectivity index (χ0v) is 14.7. The van der Waals surface area contributed by atoms with Crippen molar-refractivity contribution >= 4 is 0 Å². The van der Waals surface area contributed by atoms with Crippen LogP contribution in [0, 0.1) is 0 Å². The van der Waals surface area contributed by atoms with Crippen LogP contribution in [0.5, 0.6) is 0 Å². The number of nitrogens with one attached hydrogen (secondary N) is 1. The molecule has 0 aromatic rings. The topological polar surface area (TPSA) is 38.0 Å². The summed E-state index contributed by atoms with van der Waals surface area (Å²) in [5.41, 5.74) is 5.27. The van der Waals surface area contributed by atoms with Gasteiger partial charge < -0.3 is 11.1 Å². The summed E-state index contributed by atoms with van der Waals surface area (Å²) < 4.78 is 0. The van der Waals surface area contributed by atoms with Crippen molar-refractivity contribution in [1.82, 2.24) is 5.32 Å². The Balaban J connectivity index is 0. The molecule has 3 N–H and O–H groups in total. The molecule has 2 nitrogen and oxygen atoms in total. The minimum Gasteiger partial charge on any atom is -0.330 e. The molecule has 0 aromatic heterocycles. The van der Waals surface area contributed by atoms with E-state index in [2.05, 4.69) is 26.1 Å². The molecule has 0 aliphatic heterocycles. The van der Waals surface area contributed by atoms with Gasteiger partial charge in [0.1, 0.15) is 0 Å². The van der Waals surface area contributed by atoms with Crippen LogP contribution in [0.3, 0.4) is 0 Å². The summed E-state index contributed by atoms with van der Waals surface area (Å²) in [6, 6.07) is 0. The first kappa shape index (κ1) is 22.2. The summed E-state index contributed by atoms with van der Waals surface area (Å²) in [7, 11) is 0. The zero-order valence-electron chi connectivity index (χ0n) is 14.7. The average Bonchev–Trinajstić information content (AvgIpc) is 2.47. The lowest BCUT2D eigenvalue weighted by atomic mass is 10.2. The van der Waals surface area contributed by atoms with Gasteiger partial charge in [0, 0.05) is 0 Å². The largest absolute Gasteiger partial charge is 0.330 e. The van der Waals surface area contributed by atoms with Crippen LogP contribution >= 0.6 is 0 Å². The van der Waals surface area contributed by atoms with E-state index in [1.165, 1.54) is 90.1 Å². The molecule has 0 aliphatic carbocycles. The van der Waals surface area contributed by atoms with Gasteiger partial charge in [0.25, 0.3) is 0 Å². The zero-order chi connectivity index (χ0) is 15.3. The molecule has 0 bridgehead atoms. The van der Waals surface area contributed by atoms with Crippen molar-refractivity contribution in [2.75, 3.05) is 19.6 Å². The van der Waals surface area contributed by atoms with Crippen LogP contribution in [0.15, 0.2) is 0 Å². The highest BCUT2D eigenvalue weighted by Gasteiger charge is 1.89. The quantitative estimate of drug-likeness (QED) is 0.427. The highest BCUT2D eigenvalue weighted by molar-refractivity contribution is 4.49. The fourth-order valence-electron chi connectivity index (χ4n) is 2.05. The predicted molar refractivity (Wildman–Crippen MR) is 94.4 cm³/mol. The third kappa shape index (κ3) is 26.5. The lowest BCUT2D eigenvalue weighted by Gasteiger charge is -2.03. The van der Waals surface area contributed by atoms with Gasteiger partial charge in [-0.15, -0.1) is 0 Å². The van der Waals surface area contributed by atoms with E-state index in [0.29, 0.717) is 0 Å². The summed E-state index contributed by atoms with van der Waals surface area (Å²) in [6.07, 6.45) is 16.2. The maximum Gasteiger partial charge on any atom is -0.00489 e. The minimum absolute atomic E-state index is 0.861. The number of nitrogens with two attached hydrogens (primary N) is 1. The summed E-state index contributed by atoms with van der Waals surface area (Å²) in [5, 5.41) is 3.50. The van der Waals surface area contributed by atoms with Gasteiger partial charge in [-0.25, -0.2) is 0 Å². The van der Waals surface area contributed by atoms with E-state index in [4.69, 9.17) is 5.73 Å². The smallest absolute Gasteiger partial charge is 0.00489 e. The van der Waals surface area contributed by atoms with Crippen LogP contribution in [0.25, 0.3) is 0 Å². The van der Waals surface area contributed by atoms with Crippen LogP contribution in [0.4, 0.5) is 0 Å². The standard InChI is InChI=1S/C12H27N.C6H15N/c1-3-5-7-9-11-13-12-10-8-6-4-2;1-2-3-4-5-6-7/h13H,3-12H2,1-2H3;2-7H2,1H3. The van der Waals surface area contributed by atoms with Crippen molar-refractivity contribution in [3.8, 4) is 0 Å². The fourth-order valence-corrected chi connectivity index (χ4v) is 2.05. The molecule has 2 heteroatoms. The van der Waals surface area contributed by atoms with Crippen LogP contribution in [-0.2, 0) is 0 Å². The van der Waals surface area contributed by atoms with Gasteiger partial charge in [0.2, 0.25) is 0 Å². The Bertz CT molecular complexity index is 123. The number of rotatable bonds is 14. The first-order valence-electron chi connectivity index (χ1n) is 9.24. The molecule has 0 amide bonds. The Labute approximate surface area is 129 Å². The molecule has 0 radical (unpaired) electrons. The van der Waals surface area contributed by atoms with Crippen LogP contribution in [0.1, 0.15) is 97.8 Å². The van der Waals surface area contributed by atoms with E-state index in [0.717, 1.165) is 6.54 Å². The predicted octanol–water partition coefficient (Wildman–Crippen LogP) is 5.26. The lowest BCUT2D eigenvalue weighted by molar-refractivity contribution is 0.564. The molecule has 0 atom stereocenters. The fraction of sp³-hybridized carbons (Fsp3) is 1.00. The van der Waals surface area contributed by atoms with Gasteiger partial charge in [0.15, 0.2) is 0 Å². The van der Waals surface area contributed by atoms with Crippen molar-refractivity contribution in [3.63, 3.8) is 0 Å². The van der Waals surface area contributed by atoms with Gasteiger partial charge in [-0.1, -0.05) is 78.6 Å². The molecule has 0 saturated heterocycles. The number of hydrogen-bond donors (Lipinski definition) is 2. The Kier molecular flexibility index (Phi) is 26.6. The van der Waals surface area contributed by atoms with E-state index >= 15 is 0 Å². The van der Waals surface area contributed by atoms with E-state index < -0.39 is 0 Å². The normalized spacial score (nSPS) is 10.2. The van der Waals surface area contributed by atoms with Crippen molar-refractivity contribution in [1.29, 1.82) is 0 Å². The van der Waals surface area contributed by atoms with E-state index in [1.807, 2.05) is 0 Å². The van der Waals surface area contributed by atoms with Crippen molar-refractivity contribution < 1.29 is 0 Å². The van der Waals surface area contributed by atoms with Crippen LogP contribution in [0.2, 0.25) is 0 Å². The second-order valence-electron chi connectivity index (χ2n) is 5.72. The summed E-state index contributed by atoms with van der Waals surface area (Å²) >= 11 is 0. The molecule has 0 heterocycles. The molecule has 0 unspecified atom stereocenters. The maximum absolute atomic E-state index is 5.27. The first-order chi connectivity index (χ1) is 9.83. The second kappa shape index (κ2) is 24.0. The van der Waals surface area contributed by atoms with Crippen molar-refractivity contribution in [2.45, 2.75) is 97.8 Å². The third-order valence-corrected chi connectivity index (χ3v) is 3.47. The minimum atomic E-state index is 0.861. The SMILES string of the molecule is CCCCCCN.CCCCCCNCCCCCC.